The number of hydrogen-bond acceptors (Lipinski definition) is 4. The Balaban J connectivity index is 1.76. The number of rotatable bonds is 12. The number of anilines is 1. The number of para-hydroxylation sites is 1. The first kappa shape index (κ1) is 31.5. The lowest BCUT2D eigenvalue weighted by Crippen LogP contribution is -2.52. The van der Waals surface area contributed by atoms with Gasteiger partial charge in [0.1, 0.15) is 5.82 Å². The van der Waals surface area contributed by atoms with E-state index in [1.165, 1.54) is 16.4 Å². The first-order chi connectivity index (χ1) is 19.0. The highest BCUT2D eigenvalue weighted by molar-refractivity contribution is 7.89. The summed E-state index contributed by atoms with van der Waals surface area (Å²) in [4.78, 5) is 30.1. The van der Waals surface area contributed by atoms with Gasteiger partial charge in [0.2, 0.25) is 15.9 Å². The lowest BCUT2D eigenvalue weighted by Gasteiger charge is -2.39. The third-order valence-corrected chi connectivity index (χ3v) is 9.38. The first-order valence-electron chi connectivity index (χ1n) is 14.1. The van der Waals surface area contributed by atoms with Gasteiger partial charge in [-0.25, -0.2) is 17.6 Å². The highest BCUT2D eigenvalue weighted by Gasteiger charge is 2.33. The van der Waals surface area contributed by atoms with E-state index in [0.717, 1.165) is 11.1 Å². The van der Waals surface area contributed by atoms with Gasteiger partial charge < -0.3 is 15.1 Å². The second kappa shape index (κ2) is 14.6. The number of aryl methyl sites for hydroxylation is 1. The van der Waals surface area contributed by atoms with E-state index in [1.54, 1.807) is 21.9 Å². The number of likely N-dealkylation sites (tertiary alicyclic amines) is 1. The second-order valence-electron chi connectivity index (χ2n) is 10.9. The molecule has 1 heterocycles. The number of amides is 3. The molecule has 0 radical (unpaired) electrons. The van der Waals surface area contributed by atoms with Crippen LogP contribution in [0.15, 0.2) is 48.5 Å². The molecule has 0 unspecified atom stereocenters. The van der Waals surface area contributed by atoms with Crippen molar-refractivity contribution >= 4 is 27.6 Å². The summed E-state index contributed by atoms with van der Waals surface area (Å²) in [6, 6.07) is 13.3. The third-order valence-electron chi connectivity index (χ3n) is 7.35. The fraction of sp³-hybridized carbons (Fsp3) is 0.533. The molecule has 1 fully saturated rings. The molecule has 40 heavy (non-hydrogen) atoms. The van der Waals surface area contributed by atoms with Gasteiger partial charge in [0, 0.05) is 32.2 Å². The topological polar surface area (TPSA) is 90.0 Å². The maximum atomic E-state index is 14.0. The zero-order valence-electron chi connectivity index (χ0n) is 24.1. The quantitative estimate of drug-likeness (QED) is 0.375. The Kier molecular flexibility index (Phi) is 11.5. The maximum Gasteiger partial charge on any atom is 0.321 e. The van der Waals surface area contributed by atoms with Crippen LogP contribution in [0.25, 0.3) is 0 Å². The summed E-state index contributed by atoms with van der Waals surface area (Å²) in [7, 11) is -3.57. The number of piperidine rings is 1. The van der Waals surface area contributed by atoms with Gasteiger partial charge in [-0.3, -0.25) is 4.79 Å². The molecular weight excluding hydrogens is 531 g/mol. The van der Waals surface area contributed by atoms with Crippen LogP contribution < -0.4 is 5.32 Å². The number of carbonyl (C=O) groups is 2. The second-order valence-corrected chi connectivity index (χ2v) is 13.0. The number of hydrogen-bond donors (Lipinski definition) is 1. The van der Waals surface area contributed by atoms with Crippen LogP contribution in [0.5, 0.6) is 0 Å². The van der Waals surface area contributed by atoms with Gasteiger partial charge >= 0.3 is 6.03 Å². The summed E-state index contributed by atoms with van der Waals surface area (Å²) in [5.74, 6) is -0.426. The SMILES string of the molecule is CCCS(=O)(=O)N(CCC(C)C)CC(=O)N(Cc1ccccc1C)C1CCN(C(=O)Nc2ccccc2F)CC1. The zero-order valence-corrected chi connectivity index (χ0v) is 24.9. The Morgan fingerprint density at radius 2 is 1.73 bits per heavy atom. The van der Waals surface area contributed by atoms with Gasteiger partial charge in [-0.15, -0.1) is 0 Å². The van der Waals surface area contributed by atoms with Crippen molar-refractivity contribution in [3.8, 4) is 0 Å². The monoisotopic (exact) mass is 574 g/mol. The highest BCUT2D eigenvalue weighted by atomic mass is 32.2. The van der Waals surface area contributed by atoms with E-state index in [9.17, 15) is 22.4 Å². The molecular formula is C30H43FN4O4S. The molecule has 0 saturated carbocycles. The number of benzene rings is 2. The largest absolute Gasteiger partial charge is 0.334 e. The van der Waals surface area contributed by atoms with Crippen molar-refractivity contribution in [2.75, 3.05) is 37.2 Å². The van der Waals surface area contributed by atoms with Crippen LogP contribution in [0.2, 0.25) is 0 Å². The standard InChI is InChI=1S/C30H43FN4O4S/c1-5-20-40(38,39)34(19-14-23(2)3)22-29(36)35(21-25-11-7-6-10-24(25)4)26-15-17-33(18-16-26)30(37)32-28-13-9-8-12-27(28)31/h6-13,23,26H,5,14-22H2,1-4H3,(H,32,37). The maximum absolute atomic E-state index is 14.0. The predicted octanol–water partition coefficient (Wildman–Crippen LogP) is 5.25. The molecule has 0 aliphatic carbocycles. The van der Waals surface area contributed by atoms with Gasteiger partial charge in [0.25, 0.3) is 0 Å². The minimum atomic E-state index is -3.57. The minimum Gasteiger partial charge on any atom is -0.334 e. The van der Waals surface area contributed by atoms with Crippen molar-refractivity contribution < 1.29 is 22.4 Å². The van der Waals surface area contributed by atoms with Crippen LogP contribution in [0, 0.1) is 18.7 Å². The molecule has 1 aliphatic rings. The van der Waals surface area contributed by atoms with Gasteiger partial charge in [0.15, 0.2) is 0 Å². The van der Waals surface area contributed by atoms with Crippen molar-refractivity contribution in [3.63, 3.8) is 0 Å². The van der Waals surface area contributed by atoms with Crippen LogP contribution in [-0.2, 0) is 21.4 Å². The van der Waals surface area contributed by atoms with Gasteiger partial charge in [-0.2, -0.15) is 4.31 Å². The van der Waals surface area contributed by atoms with Crippen molar-refractivity contribution in [2.45, 2.75) is 66.0 Å². The van der Waals surface area contributed by atoms with Crippen LogP contribution >= 0.6 is 0 Å². The van der Waals surface area contributed by atoms with Gasteiger partial charge in [-0.1, -0.05) is 57.2 Å². The fourth-order valence-corrected chi connectivity index (χ4v) is 6.34. The summed E-state index contributed by atoms with van der Waals surface area (Å²) in [6.07, 6.45) is 2.23. The van der Waals surface area contributed by atoms with E-state index in [2.05, 4.69) is 5.32 Å². The van der Waals surface area contributed by atoms with Crippen molar-refractivity contribution in [2.24, 2.45) is 5.92 Å². The van der Waals surface area contributed by atoms with Crippen molar-refractivity contribution in [3.05, 3.63) is 65.5 Å². The lowest BCUT2D eigenvalue weighted by molar-refractivity contribution is -0.135. The number of nitrogens with one attached hydrogen (secondary N) is 1. The van der Waals surface area contributed by atoms with Gasteiger partial charge in [0.05, 0.1) is 18.0 Å². The first-order valence-corrected chi connectivity index (χ1v) is 15.7. The van der Waals surface area contributed by atoms with E-state index < -0.39 is 15.8 Å². The summed E-state index contributed by atoms with van der Waals surface area (Å²) in [6.45, 7) is 9.15. The van der Waals surface area contributed by atoms with Crippen LogP contribution in [0.3, 0.4) is 0 Å². The third kappa shape index (κ3) is 8.76. The molecule has 220 valence electrons. The molecule has 2 aromatic rings. The summed E-state index contributed by atoms with van der Waals surface area (Å²) in [5.41, 5.74) is 2.18. The molecule has 1 aliphatic heterocycles. The molecule has 2 aromatic carbocycles. The molecule has 3 amide bonds. The van der Waals surface area contributed by atoms with Gasteiger partial charge in [-0.05, 0) is 61.8 Å². The molecule has 0 aromatic heterocycles. The average molecular weight is 575 g/mol. The van der Waals surface area contributed by atoms with E-state index >= 15 is 0 Å². The normalized spacial score (nSPS) is 14.5. The average Bonchev–Trinajstić information content (AvgIpc) is 2.91. The number of carbonyl (C=O) groups excluding carboxylic acids is 2. The van der Waals surface area contributed by atoms with Crippen molar-refractivity contribution in [1.29, 1.82) is 0 Å². The number of urea groups is 1. The highest BCUT2D eigenvalue weighted by Crippen LogP contribution is 2.23. The number of sulfonamides is 1. The number of nitrogens with zero attached hydrogens (tertiary/aromatic N) is 3. The molecule has 1 saturated heterocycles. The molecule has 0 atom stereocenters. The lowest BCUT2D eigenvalue weighted by atomic mass is 10.0. The van der Waals surface area contributed by atoms with E-state index in [1.807, 2.05) is 52.0 Å². The molecule has 10 heteroatoms. The predicted molar refractivity (Wildman–Crippen MR) is 157 cm³/mol. The molecule has 0 spiro atoms. The Labute approximate surface area is 238 Å². The Hall–Kier alpha value is -2.98. The summed E-state index contributed by atoms with van der Waals surface area (Å²) >= 11 is 0. The summed E-state index contributed by atoms with van der Waals surface area (Å²) in [5, 5.41) is 2.63. The molecule has 1 N–H and O–H groups in total. The Morgan fingerprint density at radius 3 is 2.35 bits per heavy atom. The Morgan fingerprint density at radius 1 is 1.07 bits per heavy atom. The zero-order chi connectivity index (χ0) is 29.3. The number of halogens is 1. The van der Waals surface area contributed by atoms with E-state index in [-0.39, 0.29) is 36.0 Å². The minimum absolute atomic E-state index is 0.00563. The molecule has 3 rings (SSSR count). The van der Waals surface area contributed by atoms with Crippen LogP contribution in [0.1, 0.15) is 57.6 Å². The van der Waals surface area contributed by atoms with Crippen LogP contribution in [-0.4, -0.2) is 72.4 Å². The van der Waals surface area contributed by atoms with Crippen molar-refractivity contribution in [1.82, 2.24) is 14.1 Å². The molecule has 0 bridgehead atoms. The van der Waals surface area contributed by atoms with E-state index in [0.29, 0.717) is 57.8 Å². The summed E-state index contributed by atoms with van der Waals surface area (Å²) < 4.78 is 41.5. The smallest absolute Gasteiger partial charge is 0.321 e. The molecule has 8 nitrogen and oxygen atoms in total. The Bertz CT molecular complexity index is 1250. The fourth-order valence-electron chi connectivity index (χ4n) is 4.88. The van der Waals surface area contributed by atoms with E-state index in [4.69, 9.17) is 0 Å². The van der Waals surface area contributed by atoms with Crippen LogP contribution in [0.4, 0.5) is 14.9 Å².